The van der Waals surface area contributed by atoms with E-state index in [1.54, 1.807) is 5.57 Å². The van der Waals surface area contributed by atoms with Crippen molar-refractivity contribution >= 4 is 22.6 Å². The number of fused-ring (bicyclic) bond motifs is 5. The first-order valence-electron chi connectivity index (χ1n) is 8.68. The molecule has 0 aromatic rings. The third kappa shape index (κ3) is 1.90. The first-order valence-corrected chi connectivity index (χ1v) is 10.2. The van der Waals surface area contributed by atoms with Gasteiger partial charge in [-0.15, -0.1) is 0 Å². The Hall–Kier alpha value is 0.210. The van der Waals surface area contributed by atoms with Gasteiger partial charge in [0.15, 0.2) is 0 Å². The highest BCUT2D eigenvalue weighted by Gasteiger charge is 2.54. The van der Waals surface area contributed by atoms with Gasteiger partial charge in [0.25, 0.3) is 0 Å². The van der Waals surface area contributed by atoms with Crippen molar-refractivity contribution in [2.75, 3.05) is 4.43 Å². The molecular weight excluding hydrogens is 355 g/mol. The number of hydrogen-bond donors (Lipinski definition) is 0. The molecule has 0 amide bonds. The van der Waals surface area contributed by atoms with Crippen LogP contribution in [0.15, 0.2) is 23.8 Å². The van der Waals surface area contributed by atoms with Crippen LogP contribution in [0.25, 0.3) is 0 Å². The maximum atomic E-state index is 4.61. The molecule has 0 N–H and O–H groups in total. The van der Waals surface area contributed by atoms with Gasteiger partial charge in [-0.3, -0.25) is 0 Å². The summed E-state index contributed by atoms with van der Waals surface area (Å²) < 4.78 is 1.36. The minimum atomic E-state index is 0.638. The summed E-state index contributed by atoms with van der Waals surface area (Å²) in [5.41, 5.74) is 4.10. The Morgan fingerprint density at radius 1 is 1.25 bits per heavy atom. The van der Waals surface area contributed by atoms with Crippen LogP contribution in [0.3, 0.4) is 0 Å². The maximum Gasteiger partial charge on any atom is 0.00578 e. The third-order valence-electron chi connectivity index (χ3n) is 7.06. The Morgan fingerprint density at radius 2 is 2.15 bits per heavy atom. The van der Waals surface area contributed by atoms with E-state index in [9.17, 15) is 0 Å². The number of rotatable bonds is 1. The van der Waals surface area contributed by atoms with E-state index >= 15 is 0 Å². The van der Waals surface area contributed by atoms with E-state index in [1.165, 1.54) is 62.2 Å². The second kappa shape index (κ2) is 5.14. The first kappa shape index (κ1) is 13.8. The Kier molecular flexibility index (Phi) is 3.56. The van der Waals surface area contributed by atoms with E-state index < -0.39 is 0 Å². The average Bonchev–Trinajstić information content (AvgIpc) is 2.91. The largest absolute Gasteiger partial charge is 0.0995 e. The molecule has 1 heteroatoms. The van der Waals surface area contributed by atoms with E-state index in [0.29, 0.717) is 5.41 Å². The second-order valence-corrected chi connectivity index (χ2v) is 8.65. The summed E-state index contributed by atoms with van der Waals surface area (Å²) in [6.07, 6.45) is 15.6. The summed E-state index contributed by atoms with van der Waals surface area (Å²) in [4.78, 5) is 0. The van der Waals surface area contributed by atoms with Gasteiger partial charge in [0.2, 0.25) is 0 Å². The molecule has 0 spiro atoms. The van der Waals surface area contributed by atoms with Crippen LogP contribution < -0.4 is 0 Å². The molecule has 0 nitrogen and oxygen atoms in total. The third-order valence-corrected chi connectivity index (χ3v) is 8.58. The molecule has 5 atom stereocenters. The number of alkyl halides is 1. The van der Waals surface area contributed by atoms with Gasteiger partial charge in [0.05, 0.1) is 0 Å². The van der Waals surface area contributed by atoms with Crippen LogP contribution in [-0.4, -0.2) is 4.43 Å². The molecule has 0 aromatic carbocycles. The van der Waals surface area contributed by atoms with Crippen LogP contribution in [0, 0.1) is 29.1 Å². The summed E-state index contributed by atoms with van der Waals surface area (Å²) in [5, 5.41) is 0. The van der Waals surface area contributed by atoms with Crippen LogP contribution in [0.2, 0.25) is 0 Å². The molecule has 0 radical (unpaired) electrons. The lowest BCUT2D eigenvalue weighted by Gasteiger charge is -2.53. The molecule has 0 unspecified atom stereocenters. The molecule has 0 aromatic heterocycles. The first-order chi connectivity index (χ1) is 9.75. The lowest BCUT2D eigenvalue weighted by atomic mass is 9.52. The van der Waals surface area contributed by atoms with Gasteiger partial charge < -0.3 is 0 Å². The normalized spacial score (nSPS) is 47.2. The van der Waals surface area contributed by atoms with Gasteiger partial charge in [0.1, 0.15) is 0 Å². The monoisotopic (exact) mass is 382 g/mol. The summed E-state index contributed by atoms with van der Waals surface area (Å²) in [6.45, 7) is 4.61. The van der Waals surface area contributed by atoms with Crippen molar-refractivity contribution in [2.45, 2.75) is 57.8 Å². The highest BCUT2D eigenvalue weighted by atomic mass is 127. The average molecular weight is 382 g/mol. The van der Waals surface area contributed by atoms with Crippen LogP contribution in [-0.2, 0) is 0 Å². The Morgan fingerprint density at radius 3 is 3.00 bits per heavy atom. The zero-order valence-electron chi connectivity index (χ0n) is 12.5. The minimum absolute atomic E-state index is 0.638. The molecule has 110 valence electrons. The van der Waals surface area contributed by atoms with E-state index in [2.05, 4.69) is 35.2 Å². The Labute approximate surface area is 137 Å². The standard InChI is InChI=1S/C19H27I/c1-13-11-19(12-20)10-4-7-17(19)16-9-8-14-5-2-3-6-15(14)18(13)16/h8,15-18H,1-7,9-12H2/t15-,16-,17-,18+,19-/m0/s1. The van der Waals surface area contributed by atoms with Crippen molar-refractivity contribution < 1.29 is 0 Å². The van der Waals surface area contributed by atoms with E-state index in [0.717, 1.165) is 23.7 Å². The van der Waals surface area contributed by atoms with Gasteiger partial charge in [0, 0.05) is 4.43 Å². The van der Waals surface area contributed by atoms with Gasteiger partial charge in [-0.05, 0) is 74.0 Å². The second-order valence-electron chi connectivity index (χ2n) is 7.89. The predicted octanol–water partition coefficient (Wildman–Crippen LogP) is 5.92. The summed E-state index contributed by atoms with van der Waals surface area (Å²) in [6, 6.07) is 0. The summed E-state index contributed by atoms with van der Waals surface area (Å²) >= 11 is 2.67. The lowest BCUT2D eigenvalue weighted by Crippen LogP contribution is -2.46. The smallest absolute Gasteiger partial charge is 0.00578 e. The Bertz CT molecular complexity index is 449. The highest BCUT2D eigenvalue weighted by Crippen LogP contribution is 2.63. The van der Waals surface area contributed by atoms with Crippen molar-refractivity contribution in [2.24, 2.45) is 29.1 Å². The van der Waals surface area contributed by atoms with Gasteiger partial charge >= 0.3 is 0 Å². The van der Waals surface area contributed by atoms with Crippen molar-refractivity contribution in [3.63, 3.8) is 0 Å². The van der Waals surface area contributed by atoms with Crippen molar-refractivity contribution in [1.29, 1.82) is 0 Å². The molecule has 0 heterocycles. The molecule has 3 fully saturated rings. The number of hydrogen-bond acceptors (Lipinski definition) is 0. The van der Waals surface area contributed by atoms with Crippen LogP contribution in [0.5, 0.6) is 0 Å². The van der Waals surface area contributed by atoms with Crippen molar-refractivity contribution in [3.05, 3.63) is 23.8 Å². The molecule has 0 aliphatic heterocycles. The number of halogens is 1. The molecule has 4 aliphatic rings. The fourth-order valence-corrected chi connectivity index (χ4v) is 7.52. The van der Waals surface area contributed by atoms with Gasteiger partial charge in [-0.1, -0.05) is 59.2 Å². The molecule has 0 saturated heterocycles. The molecule has 4 rings (SSSR count). The fourth-order valence-electron chi connectivity index (χ4n) is 6.30. The predicted molar refractivity (Wildman–Crippen MR) is 94.1 cm³/mol. The zero-order valence-corrected chi connectivity index (χ0v) is 14.7. The molecular formula is C19H27I. The molecule has 3 saturated carbocycles. The van der Waals surface area contributed by atoms with Crippen LogP contribution >= 0.6 is 22.6 Å². The minimum Gasteiger partial charge on any atom is -0.0995 e. The summed E-state index contributed by atoms with van der Waals surface area (Å²) in [5.74, 6) is 3.70. The van der Waals surface area contributed by atoms with Crippen molar-refractivity contribution in [3.8, 4) is 0 Å². The molecule has 4 aliphatic carbocycles. The van der Waals surface area contributed by atoms with Gasteiger partial charge in [-0.2, -0.15) is 0 Å². The summed E-state index contributed by atoms with van der Waals surface area (Å²) in [7, 11) is 0. The highest BCUT2D eigenvalue weighted by molar-refractivity contribution is 14.1. The quantitative estimate of drug-likeness (QED) is 0.300. The van der Waals surface area contributed by atoms with Crippen LogP contribution in [0.1, 0.15) is 57.8 Å². The number of allylic oxidation sites excluding steroid dienone is 3. The van der Waals surface area contributed by atoms with E-state index in [1.807, 2.05) is 5.57 Å². The van der Waals surface area contributed by atoms with Crippen LogP contribution in [0.4, 0.5) is 0 Å². The SMILES string of the molecule is C=C1C[C@]2(CI)CCC[C@H]2[C@@H]2CC=C3CCCC[C@@H]3[C@@H]12. The van der Waals surface area contributed by atoms with Gasteiger partial charge in [-0.25, -0.2) is 0 Å². The van der Waals surface area contributed by atoms with E-state index in [-0.39, 0.29) is 0 Å². The molecule has 20 heavy (non-hydrogen) atoms. The lowest BCUT2D eigenvalue weighted by molar-refractivity contribution is 0.0559. The van der Waals surface area contributed by atoms with E-state index in [4.69, 9.17) is 0 Å². The topological polar surface area (TPSA) is 0 Å². The maximum absolute atomic E-state index is 4.61. The fraction of sp³-hybridized carbons (Fsp3) is 0.789. The Balaban J connectivity index is 1.70. The van der Waals surface area contributed by atoms with Crippen molar-refractivity contribution in [1.82, 2.24) is 0 Å². The molecule has 0 bridgehead atoms. The zero-order chi connectivity index (χ0) is 13.7.